The van der Waals surface area contributed by atoms with Gasteiger partial charge in [0.2, 0.25) is 0 Å². The fourth-order valence-electron chi connectivity index (χ4n) is 3.78. The first-order chi connectivity index (χ1) is 16.0. The van der Waals surface area contributed by atoms with Gasteiger partial charge in [-0.15, -0.1) is 0 Å². The van der Waals surface area contributed by atoms with E-state index in [9.17, 15) is 4.79 Å². The summed E-state index contributed by atoms with van der Waals surface area (Å²) in [6.45, 7) is 6.03. The molecule has 0 aliphatic heterocycles. The lowest BCUT2D eigenvalue weighted by molar-refractivity contribution is 0.0953. The van der Waals surface area contributed by atoms with Crippen LogP contribution >= 0.6 is 11.6 Å². The number of hydrogen-bond donors (Lipinski definition) is 1. The van der Waals surface area contributed by atoms with E-state index < -0.39 is 0 Å². The van der Waals surface area contributed by atoms with E-state index in [2.05, 4.69) is 41.9 Å². The van der Waals surface area contributed by atoms with Crippen LogP contribution in [-0.4, -0.2) is 28.6 Å². The third-order valence-corrected chi connectivity index (χ3v) is 6.02. The van der Waals surface area contributed by atoms with Crippen molar-refractivity contribution in [3.05, 3.63) is 94.3 Å². The summed E-state index contributed by atoms with van der Waals surface area (Å²) < 4.78 is 8.24. The number of aryl methyl sites for hydroxylation is 3. The Morgan fingerprint density at radius 2 is 1.82 bits per heavy atom. The van der Waals surface area contributed by atoms with Crippen molar-refractivity contribution >= 4 is 28.5 Å². The normalized spacial score (nSPS) is 11.0. The lowest BCUT2D eigenvalue weighted by Crippen LogP contribution is -2.25. The minimum absolute atomic E-state index is 0.0954. The van der Waals surface area contributed by atoms with Crippen molar-refractivity contribution in [1.29, 1.82) is 0 Å². The van der Waals surface area contributed by atoms with Gasteiger partial charge in [0.1, 0.15) is 18.2 Å². The van der Waals surface area contributed by atoms with Crippen molar-refractivity contribution < 1.29 is 9.53 Å². The molecule has 3 aromatic carbocycles. The minimum atomic E-state index is -0.0954. The van der Waals surface area contributed by atoms with Crippen LogP contribution in [0.5, 0.6) is 5.75 Å². The highest BCUT2D eigenvalue weighted by atomic mass is 35.5. The maximum atomic E-state index is 12.3. The Labute approximate surface area is 199 Å². The molecule has 0 saturated heterocycles. The fraction of sp³-hybridized carbons (Fsp3) is 0.259. The molecule has 0 aliphatic rings. The molecule has 0 radical (unpaired) electrons. The number of hydrogen-bond acceptors (Lipinski definition) is 3. The summed E-state index contributed by atoms with van der Waals surface area (Å²) in [6.07, 6.45) is 1.56. The summed E-state index contributed by atoms with van der Waals surface area (Å²) in [5.41, 5.74) is 5.16. The molecule has 170 valence electrons. The maximum absolute atomic E-state index is 12.3. The van der Waals surface area contributed by atoms with Gasteiger partial charge in [-0.25, -0.2) is 4.98 Å². The van der Waals surface area contributed by atoms with Gasteiger partial charge in [0, 0.05) is 23.6 Å². The second kappa shape index (κ2) is 10.5. The summed E-state index contributed by atoms with van der Waals surface area (Å²) in [6, 6.07) is 21.2. The highest BCUT2D eigenvalue weighted by Crippen LogP contribution is 2.19. The van der Waals surface area contributed by atoms with E-state index in [4.69, 9.17) is 21.3 Å². The summed E-state index contributed by atoms with van der Waals surface area (Å²) in [5, 5.41) is 3.59. The van der Waals surface area contributed by atoms with Crippen LogP contribution in [0.15, 0.2) is 66.7 Å². The van der Waals surface area contributed by atoms with Gasteiger partial charge < -0.3 is 14.6 Å². The lowest BCUT2D eigenvalue weighted by Gasteiger charge is -2.12. The molecule has 0 bridgehead atoms. The quantitative estimate of drug-likeness (QED) is 0.323. The molecular weight excluding hydrogens is 434 g/mol. The molecule has 0 unspecified atom stereocenters. The van der Waals surface area contributed by atoms with Crippen LogP contribution in [0.2, 0.25) is 5.02 Å². The number of para-hydroxylation sites is 2. The molecule has 4 rings (SSSR count). The Morgan fingerprint density at radius 1 is 1.03 bits per heavy atom. The van der Waals surface area contributed by atoms with Crippen LogP contribution in [0.25, 0.3) is 11.0 Å². The molecule has 1 aromatic heterocycles. The van der Waals surface area contributed by atoms with Gasteiger partial charge in [0.25, 0.3) is 5.91 Å². The zero-order valence-electron chi connectivity index (χ0n) is 19.0. The van der Waals surface area contributed by atoms with E-state index in [0.717, 1.165) is 35.4 Å². The van der Waals surface area contributed by atoms with Crippen molar-refractivity contribution in [2.24, 2.45) is 0 Å². The summed E-state index contributed by atoms with van der Waals surface area (Å²) in [4.78, 5) is 17.1. The molecule has 33 heavy (non-hydrogen) atoms. The number of nitrogens with zero attached hydrogens (tertiary/aromatic N) is 2. The van der Waals surface area contributed by atoms with Gasteiger partial charge in [0.05, 0.1) is 17.6 Å². The number of carbonyl (C=O) groups excluding carboxylic acids is 1. The third-order valence-electron chi connectivity index (χ3n) is 5.76. The van der Waals surface area contributed by atoms with E-state index in [1.807, 2.05) is 24.3 Å². The molecule has 0 spiro atoms. The molecule has 5 nitrogen and oxygen atoms in total. The van der Waals surface area contributed by atoms with E-state index >= 15 is 0 Å². The number of aromatic nitrogens is 2. The largest absolute Gasteiger partial charge is 0.492 e. The SMILES string of the molecule is Cc1ccc(OCCn2c(CCCNC(=O)c3ccc(Cl)cc3)nc3ccccc32)cc1C. The topological polar surface area (TPSA) is 56.1 Å². The monoisotopic (exact) mass is 461 g/mol. The summed E-state index contributed by atoms with van der Waals surface area (Å²) >= 11 is 5.89. The van der Waals surface area contributed by atoms with E-state index in [1.165, 1.54) is 11.1 Å². The first kappa shape index (κ1) is 22.9. The smallest absolute Gasteiger partial charge is 0.251 e. The zero-order chi connectivity index (χ0) is 23.2. The number of amides is 1. The highest BCUT2D eigenvalue weighted by molar-refractivity contribution is 6.30. The number of benzene rings is 3. The molecule has 0 aliphatic carbocycles. The number of carbonyl (C=O) groups is 1. The molecule has 1 N–H and O–H groups in total. The highest BCUT2D eigenvalue weighted by Gasteiger charge is 2.11. The van der Waals surface area contributed by atoms with Gasteiger partial charge >= 0.3 is 0 Å². The predicted molar refractivity (Wildman–Crippen MR) is 133 cm³/mol. The molecular formula is C27H28ClN3O2. The van der Waals surface area contributed by atoms with Crippen LogP contribution in [0, 0.1) is 13.8 Å². The molecule has 1 heterocycles. The summed E-state index contributed by atoms with van der Waals surface area (Å²) in [7, 11) is 0. The van der Waals surface area contributed by atoms with Gasteiger partial charge in [-0.1, -0.05) is 29.8 Å². The Morgan fingerprint density at radius 3 is 2.61 bits per heavy atom. The first-order valence-corrected chi connectivity index (χ1v) is 11.6. The number of halogens is 1. The average molecular weight is 462 g/mol. The number of rotatable bonds is 9. The van der Waals surface area contributed by atoms with Crippen LogP contribution in [-0.2, 0) is 13.0 Å². The first-order valence-electron chi connectivity index (χ1n) is 11.2. The number of imidazole rings is 1. The molecule has 4 aromatic rings. The zero-order valence-corrected chi connectivity index (χ0v) is 19.7. The van der Waals surface area contributed by atoms with Gasteiger partial charge in [0.15, 0.2) is 0 Å². The number of fused-ring (bicyclic) bond motifs is 1. The minimum Gasteiger partial charge on any atom is -0.492 e. The van der Waals surface area contributed by atoms with Crippen molar-refractivity contribution in [2.45, 2.75) is 33.2 Å². The third kappa shape index (κ3) is 5.74. The van der Waals surface area contributed by atoms with Gasteiger partial charge in [-0.3, -0.25) is 4.79 Å². The fourth-order valence-corrected chi connectivity index (χ4v) is 3.90. The van der Waals surface area contributed by atoms with E-state index in [0.29, 0.717) is 30.3 Å². The standard InChI is InChI=1S/C27H28ClN3O2/c1-19-9-14-23(18-20(19)2)33-17-16-31-25-7-4-3-6-24(25)30-26(31)8-5-15-29-27(32)21-10-12-22(28)13-11-21/h3-4,6-7,9-14,18H,5,8,15-17H2,1-2H3,(H,29,32). The van der Waals surface area contributed by atoms with Crippen molar-refractivity contribution in [3.63, 3.8) is 0 Å². The number of nitrogens with one attached hydrogen (secondary N) is 1. The molecule has 1 amide bonds. The molecule has 0 atom stereocenters. The molecule has 0 fully saturated rings. The predicted octanol–water partition coefficient (Wildman–Crippen LogP) is 5.75. The van der Waals surface area contributed by atoms with Gasteiger partial charge in [-0.2, -0.15) is 0 Å². The Balaban J connectivity index is 1.36. The van der Waals surface area contributed by atoms with Crippen LogP contribution in [0.3, 0.4) is 0 Å². The Hall–Kier alpha value is -3.31. The van der Waals surface area contributed by atoms with Crippen LogP contribution in [0.4, 0.5) is 0 Å². The number of ether oxygens (including phenoxy) is 1. The van der Waals surface area contributed by atoms with Crippen LogP contribution < -0.4 is 10.1 Å². The molecule has 0 saturated carbocycles. The second-order valence-electron chi connectivity index (χ2n) is 8.13. The van der Waals surface area contributed by atoms with E-state index in [1.54, 1.807) is 24.3 Å². The Bertz CT molecular complexity index is 1250. The van der Waals surface area contributed by atoms with Crippen molar-refractivity contribution in [3.8, 4) is 5.75 Å². The lowest BCUT2D eigenvalue weighted by atomic mass is 10.1. The van der Waals surface area contributed by atoms with Crippen molar-refractivity contribution in [1.82, 2.24) is 14.9 Å². The second-order valence-corrected chi connectivity index (χ2v) is 8.57. The maximum Gasteiger partial charge on any atom is 0.251 e. The van der Waals surface area contributed by atoms with E-state index in [-0.39, 0.29) is 5.91 Å². The summed E-state index contributed by atoms with van der Waals surface area (Å²) in [5.74, 6) is 1.79. The van der Waals surface area contributed by atoms with Crippen LogP contribution in [0.1, 0.15) is 33.7 Å². The molecule has 6 heteroatoms. The Kier molecular flexibility index (Phi) is 7.30. The van der Waals surface area contributed by atoms with Gasteiger partial charge in [-0.05, 0) is 79.9 Å². The van der Waals surface area contributed by atoms with Crippen molar-refractivity contribution in [2.75, 3.05) is 13.2 Å². The average Bonchev–Trinajstić information content (AvgIpc) is 3.17.